The first-order chi connectivity index (χ1) is 10.2. The van der Waals surface area contributed by atoms with Gasteiger partial charge in [0.25, 0.3) is 0 Å². The SMILES string of the molecule is Cc1cccc2c1nc(CCCl)n2CC1CCC(C)CC1. The van der Waals surface area contributed by atoms with E-state index in [-0.39, 0.29) is 0 Å². The van der Waals surface area contributed by atoms with Crippen molar-refractivity contribution in [3.05, 3.63) is 29.6 Å². The third-order valence-corrected chi connectivity index (χ3v) is 5.14. The van der Waals surface area contributed by atoms with Crippen LogP contribution in [0.5, 0.6) is 0 Å². The fraction of sp³-hybridized carbons (Fsp3) is 0.611. The van der Waals surface area contributed by atoms with Crippen LogP contribution in [0.3, 0.4) is 0 Å². The average Bonchev–Trinajstić information content (AvgIpc) is 2.82. The van der Waals surface area contributed by atoms with E-state index in [9.17, 15) is 0 Å². The van der Waals surface area contributed by atoms with Crippen molar-refractivity contribution < 1.29 is 0 Å². The summed E-state index contributed by atoms with van der Waals surface area (Å²) in [6, 6.07) is 6.49. The molecule has 21 heavy (non-hydrogen) atoms. The van der Waals surface area contributed by atoms with E-state index in [2.05, 4.69) is 36.6 Å². The molecule has 0 atom stereocenters. The molecule has 1 fully saturated rings. The van der Waals surface area contributed by atoms with Gasteiger partial charge in [-0.2, -0.15) is 0 Å². The Morgan fingerprint density at radius 2 is 2.00 bits per heavy atom. The molecule has 0 spiro atoms. The Labute approximate surface area is 132 Å². The number of nitrogens with zero attached hydrogens (tertiary/aromatic N) is 2. The van der Waals surface area contributed by atoms with Crippen molar-refractivity contribution in [2.24, 2.45) is 11.8 Å². The number of hydrogen-bond acceptors (Lipinski definition) is 1. The first-order valence-electron chi connectivity index (χ1n) is 8.19. The third-order valence-electron chi connectivity index (χ3n) is 4.95. The molecular weight excluding hydrogens is 280 g/mol. The first-order valence-corrected chi connectivity index (χ1v) is 8.73. The highest BCUT2D eigenvalue weighted by Crippen LogP contribution is 2.31. The zero-order valence-corrected chi connectivity index (χ0v) is 13.9. The van der Waals surface area contributed by atoms with E-state index in [1.807, 2.05) is 0 Å². The summed E-state index contributed by atoms with van der Waals surface area (Å²) in [6.07, 6.45) is 6.32. The van der Waals surface area contributed by atoms with Gasteiger partial charge in [-0.1, -0.05) is 31.9 Å². The maximum atomic E-state index is 5.98. The predicted molar refractivity (Wildman–Crippen MR) is 90.0 cm³/mol. The van der Waals surface area contributed by atoms with Crippen LogP contribution in [0.25, 0.3) is 11.0 Å². The Bertz CT molecular complexity index is 609. The highest BCUT2D eigenvalue weighted by Gasteiger charge is 2.21. The van der Waals surface area contributed by atoms with Gasteiger partial charge in [-0.25, -0.2) is 4.98 Å². The molecule has 1 aromatic carbocycles. The van der Waals surface area contributed by atoms with Gasteiger partial charge in [-0.3, -0.25) is 0 Å². The molecule has 2 aromatic rings. The standard InChI is InChI=1S/C18H25ClN2/c1-13-6-8-15(9-7-13)12-21-16-5-3-4-14(2)18(16)20-17(21)10-11-19/h3-5,13,15H,6-12H2,1-2H3. The molecule has 0 bridgehead atoms. The fourth-order valence-electron chi connectivity index (χ4n) is 3.58. The fourth-order valence-corrected chi connectivity index (χ4v) is 3.75. The largest absolute Gasteiger partial charge is 0.328 e. The van der Waals surface area contributed by atoms with Gasteiger partial charge in [0.15, 0.2) is 0 Å². The van der Waals surface area contributed by atoms with Gasteiger partial charge in [-0.15, -0.1) is 11.6 Å². The van der Waals surface area contributed by atoms with Gasteiger partial charge in [0.2, 0.25) is 0 Å². The highest BCUT2D eigenvalue weighted by molar-refractivity contribution is 6.17. The number of halogens is 1. The Hall–Kier alpha value is -1.02. The molecule has 1 saturated carbocycles. The van der Waals surface area contributed by atoms with Crippen molar-refractivity contribution in [3.63, 3.8) is 0 Å². The third kappa shape index (κ3) is 3.11. The van der Waals surface area contributed by atoms with E-state index in [0.717, 1.165) is 36.1 Å². The molecule has 0 unspecified atom stereocenters. The molecule has 3 rings (SSSR count). The summed E-state index contributed by atoms with van der Waals surface area (Å²) in [5.74, 6) is 3.51. The van der Waals surface area contributed by atoms with Crippen molar-refractivity contribution in [2.45, 2.75) is 52.5 Å². The maximum Gasteiger partial charge on any atom is 0.111 e. The molecule has 1 aliphatic rings. The van der Waals surface area contributed by atoms with Crippen LogP contribution in [-0.4, -0.2) is 15.4 Å². The van der Waals surface area contributed by atoms with Crippen LogP contribution in [0, 0.1) is 18.8 Å². The Kier molecular flexibility index (Phi) is 4.54. The quantitative estimate of drug-likeness (QED) is 0.731. The smallest absolute Gasteiger partial charge is 0.111 e. The van der Waals surface area contributed by atoms with Gasteiger partial charge >= 0.3 is 0 Å². The van der Waals surface area contributed by atoms with E-state index in [0.29, 0.717) is 5.88 Å². The number of imidazole rings is 1. The highest BCUT2D eigenvalue weighted by atomic mass is 35.5. The number of rotatable bonds is 4. The number of aromatic nitrogens is 2. The molecule has 114 valence electrons. The van der Waals surface area contributed by atoms with Crippen molar-refractivity contribution >= 4 is 22.6 Å². The summed E-state index contributed by atoms with van der Waals surface area (Å²) in [5, 5.41) is 0. The summed E-state index contributed by atoms with van der Waals surface area (Å²) in [5.41, 5.74) is 3.70. The lowest BCUT2D eigenvalue weighted by Crippen LogP contribution is -2.19. The van der Waals surface area contributed by atoms with Crippen LogP contribution in [0.15, 0.2) is 18.2 Å². The van der Waals surface area contributed by atoms with Crippen LogP contribution >= 0.6 is 11.6 Å². The second kappa shape index (κ2) is 6.39. The van der Waals surface area contributed by atoms with Crippen molar-refractivity contribution in [1.82, 2.24) is 9.55 Å². The van der Waals surface area contributed by atoms with Crippen LogP contribution < -0.4 is 0 Å². The van der Waals surface area contributed by atoms with E-state index >= 15 is 0 Å². The Morgan fingerprint density at radius 3 is 2.71 bits per heavy atom. The number of alkyl halides is 1. The average molecular weight is 305 g/mol. The summed E-state index contributed by atoms with van der Waals surface area (Å²) in [7, 11) is 0. The van der Waals surface area contributed by atoms with Gasteiger partial charge < -0.3 is 4.57 Å². The number of hydrogen-bond donors (Lipinski definition) is 0. The van der Waals surface area contributed by atoms with E-state index in [4.69, 9.17) is 16.6 Å². The van der Waals surface area contributed by atoms with Gasteiger partial charge in [0, 0.05) is 18.8 Å². The molecule has 2 nitrogen and oxygen atoms in total. The van der Waals surface area contributed by atoms with Crippen LogP contribution in [0.1, 0.15) is 44.0 Å². The minimum absolute atomic E-state index is 0.643. The second-order valence-corrected chi connectivity index (χ2v) is 7.02. The number of aryl methyl sites for hydroxylation is 2. The molecule has 1 aromatic heterocycles. The minimum Gasteiger partial charge on any atom is -0.328 e. The van der Waals surface area contributed by atoms with Crippen molar-refractivity contribution in [1.29, 1.82) is 0 Å². The Balaban J connectivity index is 1.92. The topological polar surface area (TPSA) is 17.8 Å². The van der Waals surface area contributed by atoms with Crippen LogP contribution in [-0.2, 0) is 13.0 Å². The zero-order valence-electron chi connectivity index (χ0n) is 13.1. The predicted octanol–water partition coefficient (Wildman–Crippen LogP) is 4.95. The summed E-state index contributed by atoms with van der Waals surface area (Å²) in [6.45, 7) is 5.64. The molecule has 0 radical (unpaired) electrons. The van der Waals surface area contributed by atoms with E-state index in [1.54, 1.807) is 0 Å². The zero-order chi connectivity index (χ0) is 14.8. The lowest BCUT2D eigenvalue weighted by atomic mass is 9.83. The van der Waals surface area contributed by atoms with Gasteiger partial charge in [0.1, 0.15) is 5.82 Å². The summed E-state index contributed by atoms with van der Waals surface area (Å²) >= 11 is 5.98. The molecule has 1 aliphatic carbocycles. The lowest BCUT2D eigenvalue weighted by Gasteiger charge is -2.27. The molecule has 0 amide bonds. The Morgan fingerprint density at radius 1 is 1.24 bits per heavy atom. The van der Waals surface area contributed by atoms with Crippen molar-refractivity contribution in [3.8, 4) is 0 Å². The van der Waals surface area contributed by atoms with Gasteiger partial charge in [-0.05, 0) is 43.2 Å². The molecule has 0 saturated heterocycles. The first kappa shape index (κ1) is 14.9. The maximum absolute atomic E-state index is 5.98. The molecular formula is C18H25ClN2. The number of para-hydroxylation sites is 1. The van der Waals surface area contributed by atoms with Crippen molar-refractivity contribution in [2.75, 3.05) is 5.88 Å². The molecule has 0 aliphatic heterocycles. The van der Waals surface area contributed by atoms with Crippen LogP contribution in [0.2, 0.25) is 0 Å². The summed E-state index contributed by atoms with van der Waals surface area (Å²) < 4.78 is 2.44. The lowest BCUT2D eigenvalue weighted by molar-refractivity contribution is 0.265. The molecule has 3 heteroatoms. The van der Waals surface area contributed by atoms with E-state index in [1.165, 1.54) is 36.8 Å². The number of benzene rings is 1. The second-order valence-electron chi connectivity index (χ2n) is 6.65. The monoisotopic (exact) mass is 304 g/mol. The van der Waals surface area contributed by atoms with Crippen LogP contribution in [0.4, 0.5) is 0 Å². The van der Waals surface area contributed by atoms with Gasteiger partial charge in [0.05, 0.1) is 11.0 Å². The van der Waals surface area contributed by atoms with E-state index < -0.39 is 0 Å². The summed E-state index contributed by atoms with van der Waals surface area (Å²) in [4.78, 5) is 4.86. The minimum atomic E-state index is 0.643. The molecule has 0 N–H and O–H groups in total. The molecule has 1 heterocycles. The number of fused-ring (bicyclic) bond motifs is 1. The normalized spacial score (nSPS) is 22.8.